The van der Waals surface area contributed by atoms with Gasteiger partial charge in [-0.05, 0) is 17.7 Å². The first kappa shape index (κ1) is 16.1. The van der Waals surface area contributed by atoms with Crippen LogP contribution in [0.3, 0.4) is 0 Å². The van der Waals surface area contributed by atoms with Gasteiger partial charge < -0.3 is 5.32 Å². The third-order valence-electron chi connectivity index (χ3n) is 2.84. The normalized spacial score (nSPS) is 12.0. The van der Waals surface area contributed by atoms with Gasteiger partial charge in [0.1, 0.15) is 17.2 Å². The number of amides is 1. The molecule has 1 amide bonds. The van der Waals surface area contributed by atoms with E-state index in [0.717, 1.165) is 17.7 Å². The fourth-order valence-electron chi connectivity index (χ4n) is 1.81. The molecule has 0 saturated carbocycles. The summed E-state index contributed by atoms with van der Waals surface area (Å²) in [5.41, 5.74) is 0.389. The molecule has 1 N–H and O–H groups in total. The first-order valence-corrected chi connectivity index (χ1v) is 7.81. The van der Waals surface area contributed by atoms with Gasteiger partial charge in [0, 0.05) is 11.0 Å². The van der Waals surface area contributed by atoms with Crippen molar-refractivity contribution in [2.75, 3.05) is 6.54 Å². The van der Waals surface area contributed by atoms with Gasteiger partial charge in [-0.15, -0.1) is 0 Å². The van der Waals surface area contributed by atoms with Crippen LogP contribution in [0.2, 0.25) is 0 Å². The van der Waals surface area contributed by atoms with Crippen molar-refractivity contribution in [2.24, 2.45) is 0 Å². The van der Waals surface area contributed by atoms with Gasteiger partial charge in [-0.25, -0.2) is 8.78 Å². The van der Waals surface area contributed by atoms with E-state index in [2.05, 4.69) is 37.2 Å². The molecule has 21 heavy (non-hydrogen) atoms. The predicted molar refractivity (Wildman–Crippen MR) is 84.5 cm³/mol. The third-order valence-corrected chi connectivity index (χ3v) is 4.15. The second kappa shape index (κ2) is 7.13. The van der Waals surface area contributed by atoms with E-state index in [0.29, 0.717) is 0 Å². The number of halogens is 4. The van der Waals surface area contributed by atoms with Crippen LogP contribution in [0.15, 0.2) is 46.9 Å². The lowest BCUT2D eigenvalue weighted by atomic mass is 10.1. The van der Waals surface area contributed by atoms with Crippen LogP contribution in [0.1, 0.15) is 20.7 Å². The van der Waals surface area contributed by atoms with Crippen molar-refractivity contribution in [1.82, 2.24) is 5.32 Å². The van der Waals surface area contributed by atoms with E-state index in [-0.39, 0.29) is 15.8 Å². The molecule has 2 rings (SSSR count). The third kappa shape index (κ3) is 4.11. The molecule has 0 aliphatic carbocycles. The standard InChI is InChI=1S/C15H11Br2F2NO/c16-10-6-12(18)14(13(19)7-10)15(21)20-8-11(17)9-4-2-1-3-5-9/h1-7,11H,8H2,(H,20,21). The van der Waals surface area contributed by atoms with Gasteiger partial charge in [-0.2, -0.15) is 0 Å². The number of hydrogen-bond acceptors (Lipinski definition) is 1. The molecule has 0 saturated heterocycles. The zero-order valence-corrected chi connectivity index (χ0v) is 13.9. The molecule has 1 atom stereocenters. The van der Waals surface area contributed by atoms with E-state index >= 15 is 0 Å². The molecule has 0 radical (unpaired) electrons. The van der Waals surface area contributed by atoms with Crippen LogP contribution in [-0.4, -0.2) is 12.5 Å². The molecule has 1 unspecified atom stereocenters. The summed E-state index contributed by atoms with van der Waals surface area (Å²) < 4.78 is 27.6. The molecule has 2 aromatic rings. The molecule has 0 aliphatic heterocycles. The topological polar surface area (TPSA) is 29.1 Å². The highest BCUT2D eigenvalue weighted by molar-refractivity contribution is 9.10. The zero-order chi connectivity index (χ0) is 15.4. The van der Waals surface area contributed by atoms with Crippen molar-refractivity contribution < 1.29 is 13.6 Å². The van der Waals surface area contributed by atoms with Gasteiger partial charge in [0.05, 0.1) is 4.83 Å². The van der Waals surface area contributed by atoms with E-state index < -0.39 is 23.1 Å². The maximum Gasteiger partial charge on any atom is 0.257 e. The van der Waals surface area contributed by atoms with Crippen molar-refractivity contribution in [3.63, 3.8) is 0 Å². The quantitative estimate of drug-likeness (QED) is 0.722. The molecule has 0 aromatic heterocycles. The maximum absolute atomic E-state index is 13.7. The van der Waals surface area contributed by atoms with E-state index in [4.69, 9.17) is 0 Å². The highest BCUT2D eigenvalue weighted by Crippen LogP contribution is 2.22. The van der Waals surface area contributed by atoms with Crippen molar-refractivity contribution >= 4 is 37.8 Å². The predicted octanol–water partition coefficient (Wildman–Crippen LogP) is 4.59. The molecule has 0 bridgehead atoms. The highest BCUT2D eigenvalue weighted by Gasteiger charge is 2.19. The van der Waals surface area contributed by atoms with E-state index in [1.807, 2.05) is 30.3 Å². The van der Waals surface area contributed by atoms with Crippen LogP contribution in [0.4, 0.5) is 8.78 Å². The monoisotopic (exact) mass is 417 g/mol. The SMILES string of the molecule is O=C(NCC(Br)c1ccccc1)c1c(F)cc(Br)cc1F. The molecular weight excluding hydrogens is 408 g/mol. The highest BCUT2D eigenvalue weighted by atomic mass is 79.9. The molecule has 6 heteroatoms. The maximum atomic E-state index is 13.7. The lowest BCUT2D eigenvalue weighted by Gasteiger charge is -2.12. The van der Waals surface area contributed by atoms with Crippen molar-refractivity contribution in [3.8, 4) is 0 Å². The van der Waals surface area contributed by atoms with Crippen molar-refractivity contribution in [1.29, 1.82) is 0 Å². The number of hydrogen-bond donors (Lipinski definition) is 1. The van der Waals surface area contributed by atoms with E-state index in [9.17, 15) is 13.6 Å². The van der Waals surface area contributed by atoms with E-state index in [1.165, 1.54) is 0 Å². The molecule has 0 heterocycles. The minimum atomic E-state index is -0.898. The average molecular weight is 419 g/mol. The number of rotatable bonds is 4. The van der Waals surface area contributed by atoms with Crippen LogP contribution in [0, 0.1) is 11.6 Å². The first-order chi connectivity index (χ1) is 9.99. The molecule has 110 valence electrons. The fraction of sp³-hybridized carbons (Fsp3) is 0.133. The molecule has 0 spiro atoms. The number of carbonyl (C=O) groups is 1. The Bertz CT molecular complexity index is 626. The number of nitrogens with one attached hydrogen (secondary N) is 1. The molecule has 2 aromatic carbocycles. The van der Waals surface area contributed by atoms with Crippen LogP contribution in [0.25, 0.3) is 0 Å². The summed E-state index contributed by atoms with van der Waals surface area (Å²) in [5, 5.41) is 2.52. The van der Waals surface area contributed by atoms with Crippen LogP contribution in [-0.2, 0) is 0 Å². The Balaban J connectivity index is 2.06. The summed E-state index contributed by atoms with van der Waals surface area (Å²) in [7, 11) is 0. The Morgan fingerprint density at radius 1 is 1.14 bits per heavy atom. The second-order valence-electron chi connectivity index (χ2n) is 4.33. The molecule has 0 aliphatic rings. The fourth-order valence-corrected chi connectivity index (χ4v) is 2.68. The Hall–Kier alpha value is -1.27. The summed E-state index contributed by atoms with van der Waals surface area (Å²) in [6.45, 7) is 0.220. The van der Waals surface area contributed by atoms with Gasteiger partial charge in [0.25, 0.3) is 5.91 Å². The summed E-state index contributed by atoms with van der Waals surface area (Å²) in [4.78, 5) is 11.8. The Labute approximate surface area is 137 Å². The van der Waals surface area contributed by atoms with Gasteiger partial charge in [-0.3, -0.25) is 4.79 Å². The average Bonchev–Trinajstić information content (AvgIpc) is 2.44. The van der Waals surface area contributed by atoms with Crippen LogP contribution < -0.4 is 5.32 Å². The number of benzene rings is 2. The zero-order valence-electron chi connectivity index (χ0n) is 10.7. The summed E-state index contributed by atoms with van der Waals surface area (Å²) in [6, 6.07) is 11.5. The lowest BCUT2D eigenvalue weighted by Crippen LogP contribution is -2.28. The van der Waals surface area contributed by atoms with Crippen molar-refractivity contribution in [3.05, 3.63) is 69.7 Å². The summed E-state index contributed by atoms with van der Waals surface area (Å²) >= 11 is 6.40. The van der Waals surface area contributed by atoms with E-state index in [1.54, 1.807) is 0 Å². The lowest BCUT2D eigenvalue weighted by molar-refractivity contribution is 0.0945. The Morgan fingerprint density at radius 2 is 1.71 bits per heavy atom. The van der Waals surface area contributed by atoms with Gasteiger partial charge in [0.15, 0.2) is 0 Å². The minimum Gasteiger partial charge on any atom is -0.350 e. The number of alkyl halides is 1. The second-order valence-corrected chi connectivity index (χ2v) is 6.35. The molecule has 0 fully saturated rings. The Morgan fingerprint density at radius 3 is 2.29 bits per heavy atom. The van der Waals surface area contributed by atoms with Gasteiger partial charge in [-0.1, -0.05) is 62.2 Å². The smallest absolute Gasteiger partial charge is 0.257 e. The molecule has 2 nitrogen and oxygen atoms in total. The van der Waals surface area contributed by atoms with Crippen LogP contribution in [0.5, 0.6) is 0 Å². The van der Waals surface area contributed by atoms with Gasteiger partial charge in [0.2, 0.25) is 0 Å². The molecular formula is C15H11Br2F2NO. The van der Waals surface area contributed by atoms with Gasteiger partial charge >= 0.3 is 0 Å². The number of carbonyl (C=O) groups excluding carboxylic acids is 1. The van der Waals surface area contributed by atoms with Crippen LogP contribution >= 0.6 is 31.9 Å². The largest absolute Gasteiger partial charge is 0.350 e. The van der Waals surface area contributed by atoms with Crippen molar-refractivity contribution in [2.45, 2.75) is 4.83 Å². The summed E-state index contributed by atoms with van der Waals surface area (Å²) in [6.07, 6.45) is 0. The minimum absolute atomic E-state index is 0.135. The summed E-state index contributed by atoms with van der Waals surface area (Å²) in [5.74, 6) is -2.58. The Kier molecular flexibility index (Phi) is 5.47. The first-order valence-electron chi connectivity index (χ1n) is 6.11.